The average molecular weight is 366 g/mol. The van der Waals surface area contributed by atoms with Gasteiger partial charge in [-0.25, -0.2) is 0 Å². The minimum atomic E-state index is -0.164. The predicted molar refractivity (Wildman–Crippen MR) is 102 cm³/mol. The first-order chi connectivity index (χ1) is 13.2. The van der Waals surface area contributed by atoms with E-state index in [9.17, 15) is 9.90 Å². The third-order valence-corrected chi connectivity index (χ3v) is 5.14. The van der Waals surface area contributed by atoms with E-state index in [0.29, 0.717) is 13.1 Å². The number of fused-ring (bicyclic) bond motifs is 3. The zero-order valence-electron chi connectivity index (χ0n) is 15.1. The van der Waals surface area contributed by atoms with E-state index in [1.165, 1.54) is 10.9 Å². The highest BCUT2D eigenvalue weighted by Crippen LogP contribution is 2.38. The molecule has 0 spiro atoms. The molecule has 27 heavy (non-hydrogen) atoms. The summed E-state index contributed by atoms with van der Waals surface area (Å²) in [6, 6.07) is 13.7. The SMILES string of the molecule is COc1ccc(CO)cc1[C@H]1N[C@@H](COC=O)Cc2c1[nH]c1ccccc21. The second kappa shape index (κ2) is 7.42. The number of nitrogens with one attached hydrogen (secondary N) is 2. The Hall–Kier alpha value is -2.83. The molecule has 0 unspecified atom stereocenters. The number of hydrogen-bond donors (Lipinski definition) is 3. The number of carbonyl (C=O) groups excluding carboxylic acids is 1. The van der Waals surface area contributed by atoms with Gasteiger partial charge < -0.3 is 19.6 Å². The maximum absolute atomic E-state index is 10.7. The van der Waals surface area contributed by atoms with Crippen molar-refractivity contribution >= 4 is 17.4 Å². The van der Waals surface area contributed by atoms with Crippen LogP contribution in [0.15, 0.2) is 42.5 Å². The second-order valence-electron chi connectivity index (χ2n) is 6.73. The van der Waals surface area contributed by atoms with Crippen molar-refractivity contribution in [2.24, 2.45) is 0 Å². The van der Waals surface area contributed by atoms with E-state index in [4.69, 9.17) is 9.47 Å². The fourth-order valence-electron chi connectivity index (χ4n) is 3.93. The van der Waals surface area contributed by atoms with Crippen molar-refractivity contribution in [1.82, 2.24) is 10.3 Å². The number of para-hydroxylation sites is 1. The lowest BCUT2D eigenvalue weighted by Crippen LogP contribution is -2.42. The molecule has 0 radical (unpaired) electrons. The molecule has 1 aliphatic rings. The lowest BCUT2D eigenvalue weighted by Gasteiger charge is -2.32. The number of benzene rings is 2. The van der Waals surface area contributed by atoms with Crippen LogP contribution in [0.25, 0.3) is 10.9 Å². The van der Waals surface area contributed by atoms with Crippen LogP contribution in [0.4, 0.5) is 0 Å². The number of aliphatic hydroxyl groups excluding tert-OH is 1. The summed E-state index contributed by atoms with van der Waals surface area (Å²) in [6.07, 6.45) is 0.756. The minimum Gasteiger partial charge on any atom is -0.496 e. The van der Waals surface area contributed by atoms with Gasteiger partial charge in [-0.1, -0.05) is 24.3 Å². The largest absolute Gasteiger partial charge is 0.496 e. The molecule has 3 aromatic rings. The molecule has 140 valence electrons. The van der Waals surface area contributed by atoms with E-state index < -0.39 is 0 Å². The quantitative estimate of drug-likeness (QED) is 0.584. The lowest BCUT2D eigenvalue weighted by atomic mass is 9.89. The van der Waals surface area contributed by atoms with Crippen LogP contribution in [0.1, 0.15) is 28.4 Å². The third kappa shape index (κ3) is 3.18. The molecule has 1 aromatic heterocycles. The number of rotatable bonds is 6. The standard InChI is InChI=1S/C21H22N2O4/c1-26-19-7-6-13(10-24)8-17(19)21-20-16(9-14(22-21)11-27-12-25)15-4-2-3-5-18(15)23-20/h2-8,12,14,21-24H,9-11H2,1H3/t14-,21-/m1/s1. The summed E-state index contributed by atoms with van der Waals surface area (Å²) in [5.41, 5.74) is 5.12. The highest BCUT2D eigenvalue weighted by molar-refractivity contribution is 5.85. The normalized spacial score (nSPS) is 18.9. The summed E-state index contributed by atoms with van der Waals surface area (Å²) < 4.78 is 10.6. The number of ether oxygens (including phenoxy) is 2. The van der Waals surface area contributed by atoms with Crippen LogP contribution < -0.4 is 10.1 Å². The van der Waals surface area contributed by atoms with Gasteiger partial charge in [-0.05, 0) is 35.7 Å². The highest BCUT2D eigenvalue weighted by atomic mass is 16.5. The van der Waals surface area contributed by atoms with Crippen LogP contribution in [-0.4, -0.2) is 36.3 Å². The molecular formula is C21H22N2O4. The summed E-state index contributed by atoms with van der Waals surface area (Å²) in [5.74, 6) is 0.742. The van der Waals surface area contributed by atoms with Gasteiger partial charge in [0.15, 0.2) is 0 Å². The number of H-pyrrole nitrogens is 1. The monoisotopic (exact) mass is 366 g/mol. The number of aliphatic hydroxyl groups is 1. The van der Waals surface area contributed by atoms with Gasteiger partial charge in [0, 0.05) is 28.2 Å². The van der Waals surface area contributed by atoms with Gasteiger partial charge >= 0.3 is 0 Å². The Morgan fingerprint density at radius 1 is 1.26 bits per heavy atom. The number of methoxy groups -OCH3 is 1. The van der Waals surface area contributed by atoms with Crippen LogP contribution in [0.5, 0.6) is 5.75 Å². The number of aromatic amines is 1. The Morgan fingerprint density at radius 3 is 2.89 bits per heavy atom. The summed E-state index contributed by atoms with van der Waals surface area (Å²) in [4.78, 5) is 14.2. The second-order valence-corrected chi connectivity index (χ2v) is 6.73. The van der Waals surface area contributed by atoms with Crippen molar-refractivity contribution in [1.29, 1.82) is 0 Å². The number of aromatic nitrogens is 1. The van der Waals surface area contributed by atoms with Crippen molar-refractivity contribution in [3.05, 3.63) is 64.8 Å². The van der Waals surface area contributed by atoms with Gasteiger partial charge in [0.25, 0.3) is 6.47 Å². The molecule has 2 atom stereocenters. The third-order valence-electron chi connectivity index (χ3n) is 5.14. The van der Waals surface area contributed by atoms with Gasteiger partial charge in [-0.15, -0.1) is 0 Å². The lowest BCUT2D eigenvalue weighted by molar-refractivity contribution is -0.129. The number of carbonyl (C=O) groups is 1. The topological polar surface area (TPSA) is 83.6 Å². The minimum absolute atomic E-state index is 0.0191. The molecule has 0 fully saturated rings. The zero-order chi connectivity index (χ0) is 18.8. The van der Waals surface area contributed by atoms with Crippen molar-refractivity contribution < 1.29 is 19.4 Å². The Morgan fingerprint density at radius 2 is 2.11 bits per heavy atom. The van der Waals surface area contributed by atoms with Crippen molar-refractivity contribution in [3.63, 3.8) is 0 Å². The highest BCUT2D eigenvalue weighted by Gasteiger charge is 2.32. The molecule has 0 aliphatic carbocycles. The van der Waals surface area contributed by atoms with E-state index >= 15 is 0 Å². The van der Waals surface area contributed by atoms with Crippen molar-refractivity contribution in [3.8, 4) is 5.75 Å². The van der Waals surface area contributed by atoms with E-state index in [2.05, 4.69) is 22.4 Å². The molecule has 0 saturated carbocycles. The van der Waals surface area contributed by atoms with E-state index in [-0.39, 0.29) is 18.7 Å². The molecule has 3 N–H and O–H groups in total. The van der Waals surface area contributed by atoms with Crippen LogP contribution in [0.3, 0.4) is 0 Å². The average Bonchev–Trinajstić information content (AvgIpc) is 3.09. The van der Waals surface area contributed by atoms with Crippen LogP contribution in [-0.2, 0) is 22.6 Å². The first-order valence-corrected chi connectivity index (χ1v) is 8.93. The molecule has 2 aromatic carbocycles. The molecular weight excluding hydrogens is 344 g/mol. The van der Waals surface area contributed by atoms with Gasteiger partial charge in [0.1, 0.15) is 12.4 Å². The molecule has 0 amide bonds. The Bertz CT molecular complexity index is 966. The maximum Gasteiger partial charge on any atom is 0.293 e. The summed E-state index contributed by atoms with van der Waals surface area (Å²) in [6.45, 7) is 0.732. The zero-order valence-corrected chi connectivity index (χ0v) is 15.1. The van der Waals surface area contributed by atoms with Crippen LogP contribution in [0.2, 0.25) is 0 Å². The van der Waals surface area contributed by atoms with Gasteiger partial charge in [0.05, 0.1) is 19.8 Å². The summed E-state index contributed by atoms with van der Waals surface area (Å²) in [5, 5.41) is 14.3. The predicted octanol–water partition coefficient (Wildman–Crippen LogP) is 2.45. The molecule has 6 heteroatoms. The Kier molecular flexibility index (Phi) is 4.83. The van der Waals surface area contributed by atoms with E-state index in [1.807, 2.05) is 30.3 Å². The molecule has 6 nitrogen and oxygen atoms in total. The van der Waals surface area contributed by atoms with Gasteiger partial charge in [-0.2, -0.15) is 0 Å². The number of hydrogen-bond acceptors (Lipinski definition) is 5. The maximum atomic E-state index is 10.7. The summed E-state index contributed by atoms with van der Waals surface area (Å²) in [7, 11) is 1.64. The molecule has 1 aliphatic heterocycles. The van der Waals surface area contributed by atoms with Crippen LogP contribution in [0, 0.1) is 0 Å². The fourth-order valence-corrected chi connectivity index (χ4v) is 3.93. The summed E-state index contributed by atoms with van der Waals surface area (Å²) >= 11 is 0. The Balaban J connectivity index is 1.86. The van der Waals surface area contributed by atoms with Crippen LogP contribution >= 0.6 is 0 Å². The first kappa shape index (κ1) is 17.6. The fraction of sp³-hybridized carbons (Fsp3) is 0.286. The van der Waals surface area contributed by atoms with E-state index in [1.54, 1.807) is 7.11 Å². The van der Waals surface area contributed by atoms with Crippen molar-refractivity contribution in [2.75, 3.05) is 13.7 Å². The molecule has 0 bridgehead atoms. The Labute approximate surface area is 157 Å². The smallest absolute Gasteiger partial charge is 0.293 e. The van der Waals surface area contributed by atoms with E-state index in [0.717, 1.165) is 34.5 Å². The molecule has 0 saturated heterocycles. The first-order valence-electron chi connectivity index (χ1n) is 8.93. The molecule has 4 rings (SSSR count). The van der Waals surface area contributed by atoms with Gasteiger partial charge in [0.2, 0.25) is 0 Å². The van der Waals surface area contributed by atoms with Gasteiger partial charge in [-0.3, -0.25) is 10.1 Å². The van der Waals surface area contributed by atoms with Crippen molar-refractivity contribution in [2.45, 2.75) is 25.1 Å². The molecule has 2 heterocycles.